The summed E-state index contributed by atoms with van der Waals surface area (Å²) in [5, 5.41) is 9.09. The Morgan fingerprint density at radius 2 is 1.85 bits per heavy atom. The number of amides is 1. The van der Waals surface area contributed by atoms with Crippen LogP contribution >= 0.6 is 0 Å². The molecule has 1 amide bonds. The quantitative estimate of drug-likeness (QED) is 0.813. The van der Waals surface area contributed by atoms with E-state index in [9.17, 15) is 9.59 Å². The highest BCUT2D eigenvalue weighted by Gasteiger charge is 2.35. The molecule has 0 saturated heterocycles. The van der Waals surface area contributed by atoms with Gasteiger partial charge in [-0.15, -0.1) is 0 Å². The molecule has 1 fully saturated rings. The predicted molar refractivity (Wildman–Crippen MR) is 101 cm³/mol. The average Bonchev–Trinajstić information content (AvgIpc) is 2.72. The molecule has 7 nitrogen and oxygen atoms in total. The molecule has 1 saturated carbocycles. The zero-order valence-corrected chi connectivity index (χ0v) is 15.7. The fourth-order valence-corrected chi connectivity index (χ4v) is 3.77. The van der Waals surface area contributed by atoms with Crippen LogP contribution in [0.1, 0.15) is 48.2 Å². The van der Waals surface area contributed by atoms with Gasteiger partial charge in [0.05, 0.1) is 14.2 Å². The number of hydrogen-bond donors (Lipinski definition) is 2. The van der Waals surface area contributed by atoms with Crippen molar-refractivity contribution < 1.29 is 14.3 Å². The molecular weight excluding hydrogens is 346 g/mol. The molecular formula is C20H25N3O4. The summed E-state index contributed by atoms with van der Waals surface area (Å²) in [6.07, 6.45) is 5.40. The van der Waals surface area contributed by atoms with Crippen LogP contribution in [0, 0.1) is 0 Å². The minimum atomic E-state index is -0.333. The summed E-state index contributed by atoms with van der Waals surface area (Å²) in [5.74, 6) is 1.08. The number of ether oxygens (including phenoxy) is 2. The van der Waals surface area contributed by atoms with E-state index in [-0.39, 0.29) is 22.6 Å². The monoisotopic (exact) mass is 371 g/mol. The van der Waals surface area contributed by atoms with Gasteiger partial charge >= 0.3 is 0 Å². The summed E-state index contributed by atoms with van der Waals surface area (Å²) in [7, 11) is 3.24. The average molecular weight is 371 g/mol. The van der Waals surface area contributed by atoms with E-state index < -0.39 is 0 Å². The zero-order valence-electron chi connectivity index (χ0n) is 15.7. The van der Waals surface area contributed by atoms with Gasteiger partial charge in [-0.25, -0.2) is 5.10 Å². The van der Waals surface area contributed by atoms with Crippen molar-refractivity contribution in [1.29, 1.82) is 0 Å². The topological polar surface area (TPSA) is 93.3 Å². The van der Waals surface area contributed by atoms with Gasteiger partial charge in [0.2, 0.25) is 0 Å². The molecule has 144 valence electrons. The van der Waals surface area contributed by atoms with Crippen molar-refractivity contribution >= 4 is 5.91 Å². The molecule has 1 heterocycles. The molecule has 0 aliphatic heterocycles. The van der Waals surface area contributed by atoms with Crippen molar-refractivity contribution in [3.8, 4) is 11.5 Å². The molecule has 1 aromatic carbocycles. The zero-order chi connectivity index (χ0) is 19.3. The number of rotatable bonds is 6. The molecule has 0 radical (unpaired) electrons. The maximum Gasteiger partial charge on any atom is 0.271 e. The van der Waals surface area contributed by atoms with Crippen LogP contribution in [-0.4, -0.2) is 36.9 Å². The van der Waals surface area contributed by atoms with Gasteiger partial charge in [-0.1, -0.05) is 25.3 Å². The smallest absolute Gasteiger partial charge is 0.271 e. The van der Waals surface area contributed by atoms with Crippen molar-refractivity contribution in [3.63, 3.8) is 0 Å². The minimum absolute atomic E-state index is 0.157. The molecule has 27 heavy (non-hydrogen) atoms. The first-order valence-electron chi connectivity index (χ1n) is 9.14. The highest BCUT2D eigenvalue weighted by atomic mass is 16.5. The summed E-state index contributed by atoms with van der Waals surface area (Å²) >= 11 is 0. The first-order chi connectivity index (χ1) is 13.1. The Labute approximate surface area is 158 Å². The largest absolute Gasteiger partial charge is 0.493 e. The molecule has 0 unspecified atom stereocenters. The van der Waals surface area contributed by atoms with Gasteiger partial charge in [0, 0.05) is 18.0 Å². The molecule has 3 rings (SSSR count). The van der Waals surface area contributed by atoms with E-state index >= 15 is 0 Å². The lowest BCUT2D eigenvalue weighted by molar-refractivity contribution is 0.0930. The van der Waals surface area contributed by atoms with Gasteiger partial charge in [-0.3, -0.25) is 9.59 Å². The molecule has 2 N–H and O–H groups in total. The van der Waals surface area contributed by atoms with E-state index in [1.807, 2.05) is 12.1 Å². The lowest BCUT2D eigenvalue weighted by Gasteiger charge is -2.38. The predicted octanol–water partition coefficient (Wildman–Crippen LogP) is 2.42. The van der Waals surface area contributed by atoms with Crippen molar-refractivity contribution in [1.82, 2.24) is 15.5 Å². The van der Waals surface area contributed by atoms with Crippen LogP contribution in [0.5, 0.6) is 11.5 Å². The third-order valence-electron chi connectivity index (χ3n) is 5.31. The van der Waals surface area contributed by atoms with E-state index in [1.165, 1.54) is 18.6 Å². The van der Waals surface area contributed by atoms with Crippen LogP contribution in [0.2, 0.25) is 0 Å². The number of aromatic nitrogens is 2. The van der Waals surface area contributed by atoms with Crippen LogP contribution in [0.25, 0.3) is 0 Å². The van der Waals surface area contributed by atoms with E-state index in [1.54, 1.807) is 14.2 Å². The minimum Gasteiger partial charge on any atom is -0.493 e. The Balaban J connectivity index is 1.83. The first kappa shape index (κ1) is 18.9. The molecule has 1 aliphatic rings. The summed E-state index contributed by atoms with van der Waals surface area (Å²) in [5.41, 5.74) is 0.846. The number of methoxy groups -OCH3 is 2. The van der Waals surface area contributed by atoms with Crippen molar-refractivity contribution in [2.75, 3.05) is 20.8 Å². The molecule has 0 bridgehead atoms. The second kappa shape index (κ2) is 8.24. The van der Waals surface area contributed by atoms with Gasteiger partial charge in [-0.2, -0.15) is 5.10 Å². The fraction of sp³-hybridized carbons (Fsp3) is 0.450. The van der Waals surface area contributed by atoms with Gasteiger partial charge in [0.1, 0.15) is 5.69 Å². The number of benzene rings is 1. The van der Waals surface area contributed by atoms with Gasteiger partial charge < -0.3 is 14.8 Å². The van der Waals surface area contributed by atoms with E-state index in [4.69, 9.17) is 9.47 Å². The van der Waals surface area contributed by atoms with Crippen LogP contribution in [0.4, 0.5) is 0 Å². The van der Waals surface area contributed by atoms with Crippen LogP contribution in [-0.2, 0) is 5.41 Å². The van der Waals surface area contributed by atoms with E-state index in [2.05, 4.69) is 21.6 Å². The molecule has 2 aromatic rings. The number of hydrogen-bond acceptors (Lipinski definition) is 5. The summed E-state index contributed by atoms with van der Waals surface area (Å²) in [6, 6.07) is 8.70. The summed E-state index contributed by atoms with van der Waals surface area (Å²) in [4.78, 5) is 23.6. The second-order valence-corrected chi connectivity index (χ2v) is 6.90. The number of H-pyrrole nitrogens is 1. The number of nitrogens with zero attached hydrogens (tertiary/aromatic N) is 1. The molecule has 0 spiro atoms. The molecule has 7 heteroatoms. The van der Waals surface area contributed by atoms with Crippen molar-refractivity contribution in [2.45, 2.75) is 37.5 Å². The Morgan fingerprint density at radius 1 is 1.11 bits per heavy atom. The van der Waals surface area contributed by atoms with Crippen LogP contribution in [0.15, 0.2) is 35.1 Å². The number of carbonyl (C=O) groups is 1. The Hall–Kier alpha value is -2.83. The highest BCUT2D eigenvalue weighted by molar-refractivity contribution is 5.92. The Morgan fingerprint density at radius 3 is 2.48 bits per heavy atom. The first-order valence-corrected chi connectivity index (χ1v) is 9.14. The molecule has 0 atom stereocenters. The van der Waals surface area contributed by atoms with Crippen molar-refractivity contribution in [3.05, 3.63) is 51.9 Å². The fourth-order valence-electron chi connectivity index (χ4n) is 3.77. The maximum absolute atomic E-state index is 12.5. The second-order valence-electron chi connectivity index (χ2n) is 6.90. The van der Waals surface area contributed by atoms with Gasteiger partial charge in [0.25, 0.3) is 11.5 Å². The SMILES string of the molecule is COc1ccc(C2(CNC(=O)c3ccc(=O)[nH]n3)CCCCC2)cc1OC. The van der Waals surface area contributed by atoms with Crippen LogP contribution in [0.3, 0.4) is 0 Å². The third-order valence-corrected chi connectivity index (χ3v) is 5.31. The standard InChI is InChI=1S/C20H25N3O4/c1-26-16-8-6-14(12-17(16)27-2)20(10-4-3-5-11-20)13-21-19(25)15-7-9-18(24)23-22-15/h6-9,12H,3-5,10-11,13H2,1-2H3,(H,21,25)(H,23,24). The normalized spacial score (nSPS) is 15.8. The number of nitrogens with one attached hydrogen (secondary N) is 2. The highest BCUT2D eigenvalue weighted by Crippen LogP contribution is 2.42. The van der Waals surface area contributed by atoms with E-state index in [0.717, 1.165) is 31.2 Å². The van der Waals surface area contributed by atoms with Crippen molar-refractivity contribution in [2.24, 2.45) is 0 Å². The third kappa shape index (κ3) is 4.13. The van der Waals surface area contributed by atoms with Crippen LogP contribution < -0.4 is 20.3 Å². The number of carbonyl (C=O) groups excluding carboxylic acids is 1. The maximum atomic E-state index is 12.5. The lowest BCUT2D eigenvalue weighted by Crippen LogP contribution is -2.42. The van der Waals surface area contributed by atoms with Gasteiger partial charge in [0.15, 0.2) is 11.5 Å². The number of aromatic amines is 1. The van der Waals surface area contributed by atoms with E-state index in [0.29, 0.717) is 18.0 Å². The molecule has 1 aliphatic carbocycles. The summed E-state index contributed by atoms with van der Waals surface area (Å²) < 4.78 is 10.8. The summed E-state index contributed by atoms with van der Waals surface area (Å²) in [6.45, 7) is 0.502. The molecule has 1 aromatic heterocycles. The lowest BCUT2D eigenvalue weighted by atomic mass is 9.69. The Bertz CT molecular complexity index is 836. The Kier molecular flexibility index (Phi) is 5.78. The van der Waals surface area contributed by atoms with Gasteiger partial charge in [-0.05, 0) is 36.6 Å².